The molecule has 0 saturated heterocycles. The lowest BCUT2D eigenvalue weighted by Crippen LogP contribution is -2.51. The van der Waals surface area contributed by atoms with Crippen molar-refractivity contribution in [1.29, 1.82) is 0 Å². The molecule has 0 atom stereocenters. The highest BCUT2D eigenvalue weighted by Crippen LogP contribution is 2.60. The monoisotopic (exact) mass is 375 g/mol. The van der Waals surface area contributed by atoms with E-state index < -0.39 is 5.97 Å². The lowest BCUT2D eigenvalue weighted by molar-refractivity contribution is -0.157. The van der Waals surface area contributed by atoms with Crippen molar-refractivity contribution in [3.05, 3.63) is 21.9 Å². The van der Waals surface area contributed by atoms with E-state index in [9.17, 15) is 14.4 Å². The van der Waals surface area contributed by atoms with Crippen LogP contribution in [0.5, 0.6) is 0 Å². The van der Waals surface area contributed by atoms with E-state index in [1.54, 1.807) is 6.07 Å². The van der Waals surface area contributed by atoms with Gasteiger partial charge in [-0.05, 0) is 75.3 Å². The van der Waals surface area contributed by atoms with Crippen molar-refractivity contribution < 1.29 is 19.1 Å². The van der Waals surface area contributed by atoms with Crippen molar-refractivity contribution in [2.75, 3.05) is 13.2 Å². The topological polar surface area (TPSA) is 72.5 Å². The van der Waals surface area contributed by atoms with Gasteiger partial charge in [-0.2, -0.15) is 0 Å². The second-order valence-corrected chi connectivity index (χ2v) is 9.66. The molecule has 0 spiro atoms. The quantitative estimate of drug-likeness (QED) is 0.776. The maximum absolute atomic E-state index is 12.8. The molecule has 0 radical (unpaired) electrons. The van der Waals surface area contributed by atoms with Crippen LogP contribution in [0.3, 0.4) is 0 Å². The highest BCUT2D eigenvalue weighted by atomic mass is 32.1. The molecule has 4 bridgehead atoms. The Bertz CT molecular complexity index is 703. The summed E-state index contributed by atoms with van der Waals surface area (Å²) in [6, 6.07) is 3.60. The number of hydrogen-bond acceptors (Lipinski definition) is 5. The minimum absolute atomic E-state index is 0.0881. The summed E-state index contributed by atoms with van der Waals surface area (Å²) in [5, 5.41) is 2.56. The van der Waals surface area contributed by atoms with Gasteiger partial charge in [-0.15, -0.1) is 11.3 Å². The summed E-state index contributed by atoms with van der Waals surface area (Å²) in [6.07, 6.45) is 6.76. The number of Topliss-reactive ketones (excluding diaryl/α,β-unsaturated/α-hetero) is 1. The number of ketones is 1. The van der Waals surface area contributed by atoms with Gasteiger partial charge in [0.2, 0.25) is 0 Å². The molecule has 5 rings (SSSR count). The minimum atomic E-state index is -0.551. The van der Waals surface area contributed by atoms with E-state index in [1.807, 2.05) is 13.0 Å². The number of ether oxygens (including phenoxy) is 1. The third-order valence-corrected chi connectivity index (χ3v) is 7.35. The van der Waals surface area contributed by atoms with E-state index in [-0.39, 0.29) is 30.3 Å². The molecule has 1 heterocycles. The first-order valence-corrected chi connectivity index (χ1v) is 10.3. The molecular weight excluding hydrogens is 350 g/mol. The van der Waals surface area contributed by atoms with Crippen molar-refractivity contribution in [2.24, 2.45) is 23.2 Å². The summed E-state index contributed by atoms with van der Waals surface area (Å²) < 4.78 is 5.19. The third kappa shape index (κ3) is 3.43. The van der Waals surface area contributed by atoms with Gasteiger partial charge < -0.3 is 10.1 Å². The van der Waals surface area contributed by atoms with Crippen molar-refractivity contribution >= 4 is 29.0 Å². The normalized spacial score (nSPS) is 31.7. The number of thiophene rings is 1. The molecule has 4 saturated carbocycles. The predicted octanol–water partition coefficient (Wildman–Crippen LogP) is 3.12. The van der Waals surface area contributed by atoms with Gasteiger partial charge >= 0.3 is 5.97 Å². The van der Waals surface area contributed by atoms with Crippen LogP contribution in [-0.4, -0.2) is 30.8 Å². The number of nitrogens with one attached hydrogen (secondary N) is 1. The lowest BCUT2D eigenvalue weighted by Gasteiger charge is -2.55. The molecule has 1 aromatic heterocycles. The average Bonchev–Trinajstić information content (AvgIpc) is 3.03. The second kappa shape index (κ2) is 6.80. The van der Waals surface area contributed by atoms with Gasteiger partial charge in [-0.25, -0.2) is 0 Å². The Morgan fingerprint density at radius 3 is 2.27 bits per heavy atom. The molecule has 1 aromatic rings. The summed E-state index contributed by atoms with van der Waals surface area (Å²) in [5.41, 5.74) is -0.243. The van der Waals surface area contributed by atoms with Gasteiger partial charge in [-0.1, -0.05) is 0 Å². The fraction of sp³-hybridized carbons (Fsp3) is 0.650. The van der Waals surface area contributed by atoms with Crippen LogP contribution >= 0.6 is 11.3 Å². The third-order valence-electron chi connectivity index (χ3n) is 6.35. The highest BCUT2D eigenvalue weighted by Gasteiger charge is 2.54. The second-order valence-electron chi connectivity index (χ2n) is 8.37. The average molecular weight is 375 g/mol. The number of carbonyl (C=O) groups excluding carboxylic acids is 3. The van der Waals surface area contributed by atoms with Crippen LogP contribution in [0, 0.1) is 30.1 Å². The molecule has 1 N–H and O–H groups in total. The Morgan fingerprint density at radius 2 is 1.73 bits per heavy atom. The van der Waals surface area contributed by atoms with Crippen LogP contribution in [0.4, 0.5) is 0 Å². The highest BCUT2D eigenvalue weighted by molar-refractivity contribution is 7.13. The SMILES string of the molecule is Cc1ccc(C(=O)NCC(=O)OCC(=O)C23CC4CC(CC(C4)C2)C3)s1. The smallest absolute Gasteiger partial charge is 0.325 e. The van der Waals surface area contributed by atoms with E-state index in [4.69, 9.17) is 4.74 Å². The first-order chi connectivity index (χ1) is 12.4. The molecule has 0 aliphatic heterocycles. The van der Waals surface area contributed by atoms with Crippen molar-refractivity contribution in [1.82, 2.24) is 5.32 Å². The molecule has 26 heavy (non-hydrogen) atoms. The molecular formula is C20H25NO4S. The standard InChI is InChI=1S/C20H25NO4S/c1-12-2-3-16(26-12)19(24)21-10-18(23)25-11-17(22)20-7-13-4-14(8-20)6-15(5-13)9-20/h2-3,13-15H,4-11H2,1H3,(H,21,24). The maximum Gasteiger partial charge on any atom is 0.325 e. The predicted molar refractivity (Wildman–Crippen MR) is 98.0 cm³/mol. The van der Waals surface area contributed by atoms with Crippen LogP contribution in [-0.2, 0) is 14.3 Å². The number of esters is 1. The Kier molecular flexibility index (Phi) is 4.63. The van der Waals surface area contributed by atoms with E-state index in [0.29, 0.717) is 22.6 Å². The summed E-state index contributed by atoms with van der Waals surface area (Å²) in [7, 11) is 0. The van der Waals surface area contributed by atoms with Crippen LogP contribution < -0.4 is 5.32 Å². The zero-order chi connectivity index (χ0) is 18.3. The molecule has 1 amide bonds. The van der Waals surface area contributed by atoms with Gasteiger partial charge in [0.1, 0.15) is 6.54 Å². The van der Waals surface area contributed by atoms with Gasteiger partial charge in [0, 0.05) is 10.3 Å². The van der Waals surface area contributed by atoms with Gasteiger partial charge in [-0.3, -0.25) is 14.4 Å². The number of rotatable bonds is 6. The molecule has 140 valence electrons. The van der Waals surface area contributed by atoms with Gasteiger partial charge in [0.05, 0.1) is 4.88 Å². The van der Waals surface area contributed by atoms with Crippen molar-refractivity contribution in [3.63, 3.8) is 0 Å². The Morgan fingerprint density at radius 1 is 1.12 bits per heavy atom. The Hall–Kier alpha value is -1.69. The fourth-order valence-corrected chi connectivity index (χ4v) is 6.38. The fourth-order valence-electron chi connectivity index (χ4n) is 5.60. The van der Waals surface area contributed by atoms with E-state index >= 15 is 0 Å². The minimum Gasteiger partial charge on any atom is -0.456 e. The molecule has 0 unspecified atom stereocenters. The Balaban J connectivity index is 1.25. The lowest BCUT2D eigenvalue weighted by atomic mass is 9.48. The summed E-state index contributed by atoms with van der Waals surface area (Å²) in [6.45, 7) is 1.56. The maximum atomic E-state index is 12.8. The zero-order valence-electron chi connectivity index (χ0n) is 15.1. The first-order valence-electron chi connectivity index (χ1n) is 9.47. The number of hydrogen-bond donors (Lipinski definition) is 1. The van der Waals surface area contributed by atoms with Crippen LogP contribution in [0.25, 0.3) is 0 Å². The van der Waals surface area contributed by atoms with E-state index in [2.05, 4.69) is 5.32 Å². The van der Waals surface area contributed by atoms with Gasteiger partial charge in [0.15, 0.2) is 12.4 Å². The van der Waals surface area contributed by atoms with Gasteiger partial charge in [0.25, 0.3) is 5.91 Å². The zero-order valence-corrected chi connectivity index (χ0v) is 15.9. The number of aryl methyl sites for hydroxylation is 1. The first kappa shape index (κ1) is 17.7. The summed E-state index contributed by atoms with van der Waals surface area (Å²) >= 11 is 1.38. The largest absolute Gasteiger partial charge is 0.456 e. The van der Waals surface area contributed by atoms with Crippen LogP contribution in [0.2, 0.25) is 0 Å². The summed E-state index contributed by atoms with van der Waals surface area (Å²) in [5.74, 6) is 1.32. The van der Waals surface area contributed by atoms with Crippen molar-refractivity contribution in [2.45, 2.75) is 45.4 Å². The molecule has 4 aliphatic rings. The Labute approximate surface area is 157 Å². The van der Waals surface area contributed by atoms with E-state index in [1.165, 1.54) is 30.6 Å². The number of amides is 1. The van der Waals surface area contributed by atoms with E-state index in [0.717, 1.165) is 24.1 Å². The number of carbonyl (C=O) groups is 3. The molecule has 4 aliphatic carbocycles. The molecule has 5 nitrogen and oxygen atoms in total. The summed E-state index contributed by atoms with van der Waals surface area (Å²) in [4.78, 5) is 38.3. The van der Waals surface area contributed by atoms with Crippen molar-refractivity contribution in [3.8, 4) is 0 Å². The molecule has 6 heteroatoms. The molecule has 4 fully saturated rings. The molecule has 0 aromatic carbocycles. The van der Waals surface area contributed by atoms with Crippen LogP contribution in [0.15, 0.2) is 12.1 Å². The van der Waals surface area contributed by atoms with Crippen LogP contribution in [0.1, 0.15) is 53.1 Å².